The maximum atomic E-state index is 11.3. The molecular formula is C12H16F3N3O4. The van der Waals surface area contributed by atoms with Gasteiger partial charge in [0.05, 0.1) is 7.11 Å². The molecule has 10 heteroatoms. The Bertz CT molecular complexity index is 495. The van der Waals surface area contributed by atoms with Crippen molar-refractivity contribution in [3.63, 3.8) is 0 Å². The number of hydrogen-bond acceptors (Lipinski definition) is 4. The van der Waals surface area contributed by atoms with Crippen LogP contribution in [0.3, 0.4) is 0 Å². The lowest BCUT2D eigenvalue weighted by atomic mass is 10.3. The van der Waals surface area contributed by atoms with E-state index >= 15 is 0 Å². The molecule has 0 aliphatic heterocycles. The van der Waals surface area contributed by atoms with Crippen molar-refractivity contribution in [2.24, 2.45) is 5.73 Å². The second-order valence-corrected chi connectivity index (χ2v) is 3.70. The second-order valence-electron chi connectivity index (χ2n) is 3.70. The quantitative estimate of drug-likeness (QED) is 0.669. The smallest absolute Gasteiger partial charge is 0.490 e. The van der Waals surface area contributed by atoms with Gasteiger partial charge in [-0.05, 0) is 12.1 Å². The molecule has 0 aliphatic rings. The summed E-state index contributed by atoms with van der Waals surface area (Å²) in [5.74, 6) is -2.06. The Labute approximate surface area is 124 Å². The molecule has 0 saturated carbocycles. The van der Waals surface area contributed by atoms with Crippen molar-refractivity contribution in [2.45, 2.75) is 6.18 Å². The van der Waals surface area contributed by atoms with Crippen LogP contribution in [0.15, 0.2) is 24.3 Å². The van der Waals surface area contributed by atoms with Gasteiger partial charge in [-0.15, -0.1) is 0 Å². The van der Waals surface area contributed by atoms with Crippen LogP contribution in [0.2, 0.25) is 0 Å². The van der Waals surface area contributed by atoms with Gasteiger partial charge in [0.25, 0.3) is 0 Å². The minimum atomic E-state index is -5.08. The summed E-state index contributed by atoms with van der Waals surface area (Å²) in [4.78, 5) is 20.1. The molecule has 0 spiro atoms. The fraction of sp³-hybridized carbons (Fsp3) is 0.333. The van der Waals surface area contributed by atoms with Crippen LogP contribution >= 0.6 is 0 Å². The SMILES string of the molecule is COc1cccc(NC(=O)NCCN)c1.O=C(O)C(F)(F)F. The van der Waals surface area contributed by atoms with Crippen molar-refractivity contribution >= 4 is 17.7 Å². The summed E-state index contributed by atoms with van der Waals surface area (Å²) in [5, 5.41) is 12.4. The van der Waals surface area contributed by atoms with Crippen molar-refractivity contribution in [2.75, 3.05) is 25.5 Å². The van der Waals surface area contributed by atoms with Crippen LogP contribution < -0.4 is 21.1 Å². The Balaban J connectivity index is 0.000000534. The van der Waals surface area contributed by atoms with E-state index in [1.165, 1.54) is 0 Å². The highest BCUT2D eigenvalue weighted by molar-refractivity contribution is 5.89. The first-order valence-corrected chi connectivity index (χ1v) is 5.89. The Kier molecular flexibility index (Phi) is 8.38. The van der Waals surface area contributed by atoms with Crippen molar-refractivity contribution in [1.82, 2.24) is 5.32 Å². The van der Waals surface area contributed by atoms with Crippen molar-refractivity contribution in [1.29, 1.82) is 0 Å². The topological polar surface area (TPSA) is 114 Å². The lowest BCUT2D eigenvalue weighted by Crippen LogP contribution is -2.32. The number of halogens is 3. The first kappa shape index (κ1) is 19.5. The molecule has 1 aromatic carbocycles. The Morgan fingerprint density at radius 2 is 1.95 bits per heavy atom. The minimum Gasteiger partial charge on any atom is -0.497 e. The predicted octanol–water partition coefficient (Wildman–Crippen LogP) is 1.41. The summed E-state index contributed by atoms with van der Waals surface area (Å²) < 4.78 is 36.8. The average Bonchev–Trinajstić information content (AvgIpc) is 2.45. The zero-order valence-corrected chi connectivity index (χ0v) is 11.6. The molecule has 0 fully saturated rings. The number of alkyl halides is 3. The number of rotatable bonds is 4. The second kappa shape index (κ2) is 9.45. The summed E-state index contributed by atoms with van der Waals surface area (Å²) in [6.45, 7) is 0.876. The number of carbonyl (C=O) groups excluding carboxylic acids is 1. The van der Waals surface area contributed by atoms with Gasteiger partial charge < -0.3 is 26.2 Å². The van der Waals surface area contributed by atoms with Crippen molar-refractivity contribution in [3.8, 4) is 5.75 Å². The van der Waals surface area contributed by atoms with Gasteiger partial charge in [-0.2, -0.15) is 13.2 Å². The molecule has 1 aromatic rings. The molecule has 0 atom stereocenters. The summed E-state index contributed by atoms with van der Waals surface area (Å²) >= 11 is 0. The highest BCUT2D eigenvalue weighted by Crippen LogP contribution is 2.16. The van der Waals surface area contributed by atoms with Crippen LogP contribution in [-0.4, -0.2) is 43.5 Å². The first-order valence-electron chi connectivity index (χ1n) is 5.89. The number of aliphatic carboxylic acids is 1. The van der Waals surface area contributed by atoms with E-state index < -0.39 is 12.1 Å². The van der Waals surface area contributed by atoms with Crippen LogP contribution in [0.1, 0.15) is 0 Å². The van der Waals surface area contributed by atoms with E-state index in [0.717, 1.165) is 0 Å². The fourth-order valence-corrected chi connectivity index (χ4v) is 1.06. The number of nitrogens with two attached hydrogens (primary N) is 1. The molecule has 5 N–H and O–H groups in total. The summed E-state index contributed by atoms with van der Waals surface area (Å²) in [6.07, 6.45) is -5.08. The van der Waals surface area contributed by atoms with E-state index in [1.54, 1.807) is 25.3 Å². The summed E-state index contributed by atoms with van der Waals surface area (Å²) in [7, 11) is 1.58. The molecule has 0 aliphatic carbocycles. The maximum Gasteiger partial charge on any atom is 0.490 e. The number of amides is 2. The lowest BCUT2D eigenvalue weighted by Gasteiger charge is -2.07. The standard InChI is InChI=1S/C10H15N3O2.C2HF3O2/c1-15-9-4-2-3-8(7-9)13-10(14)12-6-5-11;3-2(4,5)1(6)7/h2-4,7H,5-6,11H2,1H3,(H2,12,13,14);(H,6,7). The van der Waals surface area contributed by atoms with Gasteiger partial charge >= 0.3 is 18.2 Å². The fourth-order valence-electron chi connectivity index (χ4n) is 1.06. The molecular weight excluding hydrogens is 307 g/mol. The summed E-state index contributed by atoms with van der Waals surface area (Å²) in [5.41, 5.74) is 5.94. The zero-order valence-electron chi connectivity index (χ0n) is 11.6. The number of carboxylic acids is 1. The van der Waals surface area contributed by atoms with Gasteiger partial charge in [0, 0.05) is 24.8 Å². The third kappa shape index (κ3) is 8.64. The number of methoxy groups -OCH3 is 1. The van der Waals surface area contributed by atoms with E-state index in [0.29, 0.717) is 24.5 Å². The number of nitrogens with one attached hydrogen (secondary N) is 2. The molecule has 0 saturated heterocycles. The van der Waals surface area contributed by atoms with Crippen LogP contribution in [-0.2, 0) is 4.79 Å². The zero-order chi connectivity index (χ0) is 17.2. The van der Waals surface area contributed by atoms with Crippen LogP contribution in [0.5, 0.6) is 5.75 Å². The number of anilines is 1. The highest BCUT2D eigenvalue weighted by atomic mass is 19.4. The Morgan fingerprint density at radius 1 is 1.36 bits per heavy atom. The van der Waals surface area contributed by atoms with Crippen molar-refractivity contribution < 1.29 is 32.6 Å². The number of carbonyl (C=O) groups is 2. The third-order valence-electron chi connectivity index (χ3n) is 2.00. The monoisotopic (exact) mass is 323 g/mol. The molecule has 22 heavy (non-hydrogen) atoms. The molecule has 0 aromatic heterocycles. The molecule has 7 nitrogen and oxygen atoms in total. The van der Waals surface area contributed by atoms with Crippen LogP contribution in [0.4, 0.5) is 23.7 Å². The van der Waals surface area contributed by atoms with E-state index in [9.17, 15) is 18.0 Å². The number of hydrogen-bond donors (Lipinski definition) is 4. The molecule has 124 valence electrons. The number of benzene rings is 1. The van der Waals surface area contributed by atoms with Gasteiger partial charge in [0.15, 0.2) is 0 Å². The van der Waals surface area contributed by atoms with Gasteiger partial charge in [0.2, 0.25) is 0 Å². The van der Waals surface area contributed by atoms with E-state index in [-0.39, 0.29) is 6.03 Å². The lowest BCUT2D eigenvalue weighted by molar-refractivity contribution is -0.192. The molecule has 1 rings (SSSR count). The number of ether oxygens (including phenoxy) is 1. The maximum absolute atomic E-state index is 11.3. The summed E-state index contributed by atoms with van der Waals surface area (Å²) in [6, 6.07) is 6.86. The molecule has 2 amide bonds. The van der Waals surface area contributed by atoms with Gasteiger partial charge in [-0.25, -0.2) is 9.59 Å². The largest absolute Gasteiger partial charge is 0.497 e. The molecule has 0 bridgehead atoms. The Hall–Kier alpha value is -2.49. The molecule has 0 radical (unpaired) electrons. The molecule has 0 unspecified atom stereocenters. The van der Waals surface area contributed by atoms with Crippen LogP contribution in [0, 0.1) is 0 Å². The van der Waals surface area contributed by atoms with E-state index in [2.05, 4.69) is 10.6 Å². The van der Waals surface area contributed by atoms with E-state index in [1.807, 2.05) is 6.07 Å². The normalized spacial score (nSPS) is 10.0. The third-order valence-corrected chi connectivity index (χ3v) is 2.00. The average molecular weight is 323 g/mol. The molecule has 0 heterocycles. The van der Waals surface area contributed by atoms with Crippen molar-refractivity contribution in [3.05, 3.63) is 24.3 Å². The Morgan fingerprint density at radius 3 is 2.41 bits per heavy atom. The van der Waals surface area contributed by atoms with Gasteiger partial charge in [0.1, 0.15) is 5.75 Å². The number of urea groups is 1. The highest BCUT2D eigenvalue weighted by Gasteiger charge is 2.38. The number of carboxylic acid groups (broad SMARTS) is 1. The first-order chi connectivity index (χ1) is 10.2. The van der Waals surface area contributed by atoms with Crippen LogP contribution in [0.25, 0.3) is 0 Å². The minimum absolute atomic E-state index is 0.270. The van der Waals surface area contributed by atoms with Gasteiger partial charge in [-0.3, -0.25) is 0 Å². The van der Waals surface area contributed by atoms with Gasteiger partial charge in [-0.1, -0.05) is 6.07 Å². The van der Waals surface area contributed by atoms with E-state index in [4.69, 9.17) is 20.4 Å². The predicted molar refractivity (Wildman–Crippen MR) is 72.8 cm³/mol.